The fourth-order valence-electron chi connectivity index (χ4n) is 2.42. The Morgan fingerprint density at radius 2 is 1.59 bits per heavy atom. The maximum absolute atomic E-state index is 12.3. The highest BCUT2D eigenvalue weighted by molar-refractivity contribution is 7.88. The van der Waals surface area contributed by atoms with Crippen LogP contribution in [0.1, 0.15) is 33.1 Å². The van der Waals surface area contributed by atoms with Crippen molar-refractivity contribution in [3.63, 3.8) is 0 Å². The zero-order chi connectivity index (χ0) is 16.8. The molecule has 0 unspecified atom stereocenters. The lowest BCUT2D eigenvalue weighted by Crippen LogP contribution is -2.52. The van der Waals surface area contributed by atoms with Crippen LogP contribution in [0, 0.1) is 0 Å². The number of rotatable bonds is 7. The number of amides is 2. The van der Waals surface area contributed by atoms with E-state index in [1.54, 1.807) is 9.80 Å². The van der Waals surface area contributed by atoms with Gasteiger partial charge >= 0.3 is 0 Å². The predicted octanol–water partition coefficient (Wildman–Crippen LogP) is 0.129. The number of sulfonamides is 1. The number of piperazine rings is 1. The van der Waals surface area contributed by atoms with Crippen LogP contribution in [0.3, 0.4) is 0 Å². The smallest absolute Gasteiger partial charge is 0.238 e. The number of nitrogens with zero attached hydrogens (tertiary/aromatic N) is 3. The molecular weight excluding hydrogens is 306 g/mol. The Morgan fingerprint density at radius 3 is 2.05 bits per heavy atom. The lowest BCUT2D eigenvalue weighted by Gasteiger charge is -2.35. The van der Waals surface area contributed by atoms with Crippen LogP contribution >= 0.6 is 0 Å². The van der Waals surface area contributed by atoms with Crippen LogP contribution in [-0.2, 0) is 19.6 Å². The molecule has 0 aromatic carbocycles. The minimum Gasteiger partial charge on any atom is -0.339 e. The van der Waals surface area contributed by atoms with Crippen LogP contribution < -0.4 is 0 Å². The Bertz CT molecular complexity index is 484. The van der Waals surface area contributed by atoms with Gasteiger partial charge in [0.1, 0.15) is 0 Å². The first-order chi connectivity index (χ1) is 10.3. The lowest BCUT2D eigenvalue weighted by atomic mass is 10.2. The summed E-state index contributed by atoms with van der Waals surface area (Å²) in [6.45, 7) is 5.77. The molecule has 128 valence electrons. The van der Waals surface area contributed by atoms with E-state index in [2.05, 4.69) is 0 Å². The number of unbranched alkanes of at least 4 members (excludes halogenated alkanes) is 2. The average Bonchev–Trinajstić information content (AvgIpc) is 2.45. The molecule has 0 bridgehead atoms. The van der Waals surface area contributed by atoms with Gasteiger partial charge in [-0.05, 0) is 6.42 Å². The van der Waals surface area contributed by atoms with E-state index < -0.39 is 10.0 Å². The highest BCUT2D eigenvalue weighted by atomic mass is 32.2. The van der Waals surface area contributed by atoms with Gasteiger partial charge in [0, 0.05) is 39.6 Å². The molecule has 1 aliphatic rings. The Morgan fingerprint density at radius 1 is 1.05 bits per heavy atom. The van der Waals surface area contributed by atoms with Gasteiger partial charge in [-0.1, -0.05) is 19.8 Å². The van der Waals surface area contributed by atoms with Crippen LogP contribution in [0.25, 0.3) is 0 Å². The molecule has 0 saturated carbocycles. The minimum atomic E-state index is -3.38. The van der Waals surface area contributed by atoms with Gasteiger partial charge in [-0.25, -0.2) is 8.42 Å². The van der Waals surface area contributed by atoms with E-state index in [0.29, 0.717) is 32.7 Å². The molecule has 0 aliphatic carbocycles. The standard InChI is InChI=1S/C14H27N3O4S/c1-4-5-6-7-17(22(3,20)21)12-14(19)16-10-8-15(9-11-16)13(2)18/h4-12H2,1-3H3. The summed E-state index contributed by atoms with van der Waals surface area (Å²) in [6.07, 6.45) is 3.84. The number of hydrogen-bond acceptors (Lipinski definition) is 4. The van der Waals surface area contributed by atoms with E-state index in [0.717, 1.165) is 25.5 Å². The third-order valence-electron chi connectivity index (χ3n) is 3.87. The first kappa shape index (κ1) is 18.9. The van der Waals surface area contributed by atoms with E-state index in [1.165, 1.54) is 11.2 Å². The van der Waals surface area contributed by atoms with E-state index in [1.807, 2.05) is 6.92 Å². The first-order valence-corrected chi connectivity index (χ1v) is 9.59. The Labute approximate surface area is 133 Å². The molecule has 8 heteroatoms. The van der Waals surface area contributed by atoms with Crippen molar-refractivity contribution in [1.29, 1.82) is 0 Å². The molecule has 7 nitrogen and oxygen atoms in total. The van der Waals surface area contributed by atoms with Crippen molar-refractivity contribution in [3.05, 3.63) is 0 Å². The third kappa shape index (κ3) is 5.92. The number of carbonyl (C=O) groups is 2. The molecule has 1 rings (SSSR count). The van der Waals surface area contributed by atoms with Gasteiger partial charge in [-0.3, -0.25) is 9.59 Å². The van der Waals surface area contributed by atoms with Gasteiger partial charge in [-0.15, -0.1) is 0 Å². The zero-order valence-corrected chi connectivity index (χ0v) is 14.6. The molecule has 1 heterocycles. The molecule has 1 aliphatic heterocycles. The molecule has 0 atom stereocenters. The van der Waals surface area contributed by atoms with Gasteiger partial charge < -0.3 is 9.80 Å². The summed E-state index contributed by atoms with van der Waals surface area (Å²) in [5, 5.41) is 0. The molecule has 0 N–H and O–H groups in total. The molecule has 2 amide bonds. The summed E-state index contributed by atoms with van der Waals surface area (Å²) < 4.78 is 24.8. The van der Waals surface area contributed by atoms with Crippen LogP contribution in [0.15, 0.2) is 0 Å². The van der Waals surface area contributed by atoms with Crippen LogP contribution in [0.5, 0.6) is 0 Å². The monoisotopic (exact) mass is 333 g/mol. The maximum Gasteiger partial charge on any atom is 0.238 e. The lowest BCUT2D eigenvalue weighted by molar-refractivity contribution is -0.138. The van der Waals surface area contributed by atoms with Crippen LogP contribution in [0.4, 0.5) is 0 Å². The van der Waals surface area contributed by atoms with Gasteiger partial charge in [-0.2, -0.15) is 4.31 Å². The van der Waals surface area contributed by atoms with Gasteiger partial charge in [0.15, 0.2) is 0 Å². The SMILES string of the molecule is CCCCCN(CC(=O)N1CCN(C(C)=O)CC1)S(C)(=O)=O. The van der Waals surface area contributed by atoms with Gasteiger partial charge in [0.2, 0.25) is 21.8 Å². The topological polar surface area (TPSA) is 78.0 Å². The molecule has 1 fully saturated rings. The Hall–Kier alpha value is -1.15. The Kier molecular flexibility index (Phi) is 7.28. The average molecular weight is 333 g/mol. The van der Waals surface area contributed by atoms with Crippen molar-refractivity contribution in [3.8, 4) is 0 Å². The molecule has 0 aromatic rings. The van der Waals surface area contributed by atoms with Crippen molar-refractivity contribution in [2.75, 3.05) is 45.5 Å². The summed E-state index contributed by atoms with van der Waals surface area (Å²) in [5.41, 5.74) is 0. The second-order valence-corrected chi connectivity index (χ2v) is 7.67. The van der Waals surface area contributed by atoms with Crippen molar-refractivity contribution >= 4 is 21.8 Å². The van der Waals surface area contributed by atoms with E-state index >= 15 is 0 Å². The highest BCUT2D eigenvalue weighted by Gasteiger charge is 2.26. The highest BCUT2D eigenvalue weighted by Crippen LogP contribution is 2.07. The van der Waals surface area contributed by atoms with Gasteiger partial charge in [0.05, 0.1) is 12.8 Å². The summed E-state index contributed by atoms with van der Waals surface area (Å²) in [4.78, 5) is 26.9. The molecule has 0 aromatic heterocycles. The van der Waals surface area contributed by atoms with E-state index in [4.69, 9.17) is 0 Å². The maximum atomic E-state index is 12.3. The van der Waals surface area contributed by atoms with Crippen molar-refractivity contribution < 1.29 is 18.0 Å². The second kappa shape index (κ2) is 8.47. The quantitative estimate of drug-likeness (QED) is 0.621. The number of hydrogen-bond donors (Lipinski definition) is 0. The minimum absolute atomic E-state index is 0.00410. The Balaban J connectivity index is 2.55. The van der Waals surface area contributed by atoms with Crippen molar-refractivity contribution in [2.45, 2.75) is 33.1 Å². The zero-order valence-electron chi connectivity index (χ0n) is 13.7. The largest absolute Gasteiger partial charge is 0.339 e. The summed E-state index contributed by atoms with van der Waals surface area (Å²) >= 11 is 0. The molecular formula is C14H27N3O4S. The van der Waals surface area contributed by atoms with Crippen molar-refractivity contribution in [2.24, 2.45) is 0 Å². The van der Waals surface area contributed by atoms with Crippen LogP contribution in [-0.4, -0.2) is 79.9 Å². The third-order valence-corrected chi connectivity index (χ3v) is 5.12. The second-order valence-electron chi connectivity index (χ2n) is 5.69. The number of carbonyl (C=O) groups excluding carboxylic acids is 2. The van der Waals surface area contributed by atoms with Gasteiger partial charge in [0.25, 0.3) is 0 Å². The predicted molar refractivity (Wildman–Crippen MR) is 84.8 cm³/mol. The molecule has 0 radical (unpaired) electrons. The van der Waals surface area contributed by atoms with E-state index in [-0.39, 0.29) is 18.4 Å². The van der Waals surface area contributed by atoms with E-state index in [9.17, 15) is 18.0 Å². The van der Waals surface area contributed by atoms with Crippen molar-refractivity contribution in [1.82, 2.24) is 14.1 Å². The summed E-state index contributed by atoms with van der Waals surface area (Å²) in [5.74, 6) is -0.186. The molecule has 0 spiro atoms. The first-order valence-electron chi connectivity index (χ1n) is 7.74. The van der Waals surface area contributed by atoms with Crippen LogP contribution in [0.2, 0.25) is 0 Å². The molecule has 22 heavy (non-hydrogen) atoms. The molecule has 1 saturated heterocycles. The normalized spacial score (nSPS) is 16.2. The fraction of sp³-hybridized carbons (Fsp3) is 0.857. The summed E-state index contributed by atoms with van der Waals surface area (Å²) in [7, 11) is -3.38. The fourth-order valence-corrected chi connectivity index (χ4v) is 3.23. The summed E-state index contributed by atoms with van der Waals surface area (Å²) in [6, 6.07) is 0.